The lowest BCUT2D eigenvalue weighted by atomic mass is 10.1. The molecular formula is C25H28N8O4. The topological polar surface area (TPSA) is 136 Å². The molecule has 0 unspecified atom stereocenters. The number of imidazole rings is 1. The molecule has 2 saturated carbocycles. The van der Waals surface area contributed by atoms with Crippen LogP contribution in [0.15, 0.2) is 30.9 Å². The number of rotatable bonds is 9. The standard InChI is InChI=1S/C25H28N8O4/c1-30(21-9-20(26-14-27-21)29-24(36)16-4-5-16)11-18-12-31-10-17(15-2-3-15)8-19(23(31)28-18)33-13-22(35)32(6-7-34)25(33)37/h8-10,12,14-16,34H,2-7,11,13H2,1H3,(H,26,27,29,36). The summed E-state index contributed by atoms with van der Waals surface area (Å²) in [6.45, 7) is 0.0361. The second kappa shape index (κ2) is 9.11. The second-order valence-electron chi connectivity index (χ2n) is 9.91. The molecule has 2 aliphatic carbocycles. The number of amides is 4. The fourth-order valence-electron chi connectivity index (χ4n) is 4.64. The summed E-state index contributed by atoms with van der Waals surface area (Å²) < 4.78 is 1.92. The first kappa shape index (κ1) is 23.3. The molecule has 0 aromatic carbocycles. The van der Waals surface area contributed by atoms with Gasteiger partial charge in [0, 0.05) is 31.4 Å². The van der Waals surface area contributed by atoms with Crippen LogP contribution in [0.1, 0.15) is 42.9 Å². The monoisotopic (exact) mass is 504 g/mol. The number of aromatic nitrogens is 4. The molecule has 12 heteroatoms. The number of hydrogen-bond donors (Lipinski definition) is 2. The molecule has 4 heterocycles. The third-order valence-electron chi connectivity index (χ3n) is 6.96. The number of nitrogens with zero attached hydrogens (tertiary/aromatic N) is 7. The number of aliphatic hydroxyl groups excluding tert-OH is 1. The molecule has 1 aliphatic heterocycles. The maximum atomic E-state index is 13.0. The molecule has 0 radical (unpaired) electrons. The van der Waals surface area contributed by atoms with Crippen molar-refractivity contribution in [3.63, 3.8) is 0 Å². The van der Waals surface area contributed by atoms with Crippen molar-refractivity contribution in [1.29, 1.82) is 0 Å². The van der Waals surface area contributed by atoms with Gasteiger partial charge in [0.25, 0.3) is 5.91 Å². The molecule has 3 fully saturated rings. The minimum absolute atomic E-state index is 0.0147. The van der Waals surface area contributed by atoms with E-state index in [1.54, 1.807) is 6.07 Å². The largest absolute Gasteiger partial charge is 0.395 e. The van der Waals surface area contributed by atoms with Crippen LogP contribution < -0.4 is 15.1 Å². The van der Waals surface area contributed by atoms with Crippen molar-refractivity contribution in [2.75, 3.05) is 41.9 Å². The Hall–Kier alpha value is -4.06. The number of hydrogen-bond acceptors (Lipinski definition) is 8. The van der Waals surface area contributed by atoms with Gasteiger partial charge in [0.05, 0.1) is 31.1 Å². The van der Waals surface area contributed by atoms with Gasteiger partial charge in [-0.1, -0.05) is 0 Å². The van der Waals surface area contributed by atoms with Crippen molar-refractivity contribution in [2.45, 2.75) is 38.1 Å². The highest BCUT2D eigenvalue weighted by molar-refractivity contribution is 6.13. The lowest BCUT2D eigenvalue weighted by Gasteiger charge is -2.18. The molecule has 3 aliphatic rings. The number of anilines is 3. The zero-order valence-corrected chi connectivity index (χ0v) is 20.5. The minimum Gasteiger partial charge on any atom is -0.395 e. The number of β-amino-alcohol motifs (C(OH)–C–C–N with tert-alkyl or cyclic N) is 1. The fraction of sp³-hybridized carbons (Fsp3) is 0.440. The van der Waals surface area contributed by atoms with E-state index in [1.165, 1.54) is 11.2 Å². The summed E-state index contributed by atoms with van der Waals surface area (Å²) in [5, 5.41) is 12.1. The highest BCUT2D eigenvalue weighted by Gasteiger charge is 2.38. The quantitative estimate of drug-likeness (QED) is 0.421. The zero-order valence-electron chi connectivity index (χ0n) is 20.5. The molecule has 1 saturated heterocycles. The Kier molecular flexibility index (Phi) is 5.75. The Balaban J connectivity index is 1.27. The molecule has 4 amide bonds. The van der Waals surface area contributed by atoms with Crippen molar-refractivity contribution < 1.29 is 19.5 Å². The number of aliphatic hydroxyl groups is 1. The van der Waals surface area contributed by atoms with Gasteiger partial charge in [0.2, 0.25) is 5.91 Å². The number of pyridine rings is 1. The molecule has 12 nitrogen and oxygen atoms in total. The number of imide groups is 1. The van der Waals surface area contributed by atoms with E-state index in [9.17, 15) is 19.5 Å². The van der Waals surface area contributed by atoms with Crippen LogP contribution in [0.5, 0.6) is 0 Å². The SMILES string of the molecule is CN(Cc1cn2cc(C3CC3)cc(N3CC(=O)N(CCO)C3=O)c2n1)c1cc(NC(=O)C2CC2)ncn1. The summed E-state index contributed by atoms with van der Waals surface area (Å²) in [6.07, 6.45) is 9.39. The molecule has 3 aromatic rings. The van der Waals surface area contributed by atoms with Crippen molar-refractivity contribution in [1.82, 2.24) is 24.3 Å². The summed E-state index contributed by atoms with van der Waals surface area (Å²) in [7, 11) is 1.88. The number of urea groups is 1. The maximum Gasteiger partial charge on any atom is 0.331 e. The van der Waals surface area contributed by atoms with Gasteiger partial charge in [-0.05, 0) is 43.2 Å². The molecule has 3 aromatic heterocycles. The van der Waals surface area contributed by atoms with Crippen molar-refractivity contribution in [3.8, 4) is 0 Å². The van der Waals surface area contributed by atoms with Crippen LogP contribution in [0.3, 0.4) is 0 Å². The molecule has 192 valence electrons. The van der Waals surface area contributed by atoms with Crippen molar-refractivity contribution >= 4 is 40.8 Å². The van der Waals surface area contributed by atoms with Crippen LogP contribution in [-0.4, -0.2) is 73.9 Å². The third-order valence-corrected chi connectivity index (χ3v) is 6.96. The Labute approximate surface area is 212 Å². The highest BCUT2D eigenvalue weighted by Crippen LogP contribution is 2.42. The Bertz CT molecular complexity index is 1400. The van der Waals surface area contributed by atoms with E-state index in [0.717, 1.165) is 41.8 Å². The first-order chi connectivity index (χ1) is 17.9. The van der Waals surface area contributed by atoms with E-state index in [-0.39, 0.29) is 37.4 Å². The lowest BCUT2D eigenvalue weighted by Crippen LogP contribution is -2.35. The molecule has 37 heavy (non-hydrogen) atoms. The summed E-state index contributed by atoms with van der Waals surface area (Å²) in [4.78, 5) is 55.3. The van der Waals surface area contributed by atoms with Crippen LogP contribution in [0.4, 0.5) is 22.1 Å². The van der Waals surface area contributed by atoms with Gasteiger partial charge in [-0.3, -0.25) is 19.4 Å². The normalized spacial score (nSPS) is 17.7. The van der Waals surface area contributed by atoms with Gasteiger partial charge in [-0.15, -0.1) is 0 Å². The summed E-state index contributed by atoms with van der Waals surface area (Å²) in [5.41, 5.74) is 3.03. The van der Waals surface area contributed by atoms with E-state index >= 15 is 0 Å². The van der Waals surface area contributed by atoms with Crippen LogP contribution in [0.2, 0.25) is 0 Å². The highest BCUT2D eigenvalue weighted by atomic mass is 16.3. The number of carbonyl (C=O) groups excluding carboxylic acids is 3. The zero-order chi connectivity index (χ0) is 25.7. The van der Waals surface area contributed by atoms with Crippen molar-refractivity contribution in [3.05, 3.63) is 42.1 Å². The smallest absolute Gasteiger partial charge is 0.331 e. The average Bonchev–Trinajstić information content (AvgIpc) is 3.81. The average molecular weight is 505 g/mol. The van der Waals surface area contributed by atoms with E-state index in [2.05, 4.69) is 15.3 Å². The number of nitrogens with one attached hydrogen (secondary N) is 1. The number of carbonyl (C=O) groups is 3. The minimum atomic E-state index is -0.447. The first-order valence-electron chi connectivity index (χ1n) is 12.5. The molecular weight excluding hydrogens is 476 g/mol. The molecule has 0 spiro atoms. The van der Waals surface area contributed by atoms with E-state index < -0.39 is 6.03 Å². The Morgan fingerprint density at radius 3 is 2.70 bits per heavy atom. The van der Waals surface area contributed by atoms with Gasteiger partial charge in [-0.2, -0.15) is 0 Å². The Morgan fingerprint density at radius 1 is 1.16 bits per heavy atom. The van der Waals surface area contributed by atoms with Gasteiger partial charge in [0.15, 0.2) is 5.65 Å². The Morgan fingerprint density at radius 2 is 1.97 bits per heavy atom. The lowest BCUT2D eigenvalue weighted by molar-refractivity contribution is -0.125. The van der Waals surface area contributed by atoms with Gasteiger partial charge in [0.1, 0.15) is 24.5 Å². The fourth-order valence-corrected chi connectivity index (χ4v) is 4.64. The maximum absolute atomic E-state index is 13.0. The first-order valence-corrected chi connectivity index (χ1v) is 12.5. The number of fused-ring (bicyclic) bond motifs is 1. The third kappa shape index (κ3) is 4.59. The molecule has 0 atom stereocenters. The predicted octanol–water partition coefficient (Wildman–Crippen LogP) is 1.75. The van der Waals surface area contributed by atoms with Crippen LogP contribution in [0, 0.1) is 5.92 Å². The van der Waals surface area contributed by atoms with Crippen molar-refractivity contribution in [2.24, 2.45) is 5.92 Å². The van der Waals surface area contributed by atoms with Gasteiger partial charge in [-0.25, -0.2) is 19.7 Å². The summed E-state index contributed by atoms with van der Waals surface area (Å²) in [6, 6.07) is 3.24. The summed E-state index contributed by atoms with van der Waals surface area (Å²) in [5.74, 6) is 1.26. The van der Waals surface area contributed by atoms with E-state index in [1.807, 2.05) is 34.8 Å². The van der Waals surface area contributed by atoms with Gasteiger partial charge >= 0.3 is 6.03 Å². The van der Waals surface area contributed by atoms with Gasteiger partial charge < -0.3 is 19.7 Å². The summed E-state index contributed by atoms with van der Waals surface area (Å²) >= 11 is 0. The van der Waals surface area contributed by atoms with E-state index in [0.29, 0.717) is 35.4 Å². The van der Waals surface area contributed by atoms with E-state index in [4.69, 9.17) is 4.98 Å². The van der Waals surface area contributed by atoms with Crippen LogP contribution in [-0.2, 0) is 16.1 Å². The second-order valence-corrected chi connectivity index (χ2v) is 9.91. The molecule has 0 bridgehead atoms. The predicted molar refractivity (Wildman–Crippen MR) is 134 cm³/mol. The van der Waals surface area contributed by atoms with Crippen LogP contribution in [0.25, 0.3) is 5.65 Å². The molecule has 2 N–H and O–H groups in total. The molecule has 6 rings (SSSR count). The van der Waals surface area contributed by atoms with Crippen LogP contribution >= 0.6 is 0 Å².